The number of ether oxygens (including phenoxy) is 1. The van der Waals surface area contributed by atoms with Crippen molar-refractivity contribution in [2.24, 2.45) is 0 Å². The Morgan fingerprint density at radius 1 is 1.38 bits per heavy atom. The lowest BCUT2D eigenvalue weighted by Crippen LogP contribution is -2.09. The maximum atomic E-state index is 12.0. The van der Waals surface area contributed by atoms with Gasteiger partial charge in [-0.1, -0.05) is 0 Å². The van der Waals surface area contributed by atoms with Crippen LogP contribution in [-0.2, 0) is 0 Å². The van der Waals surface area contributed by atoms with Crippen molar-refractivity contribution in [3.63, 3.8) is 0 Å². The van der Waals surface area contributed by atoms with Gasteiger partial charge in [0.15, 0.2) is 0 Å². The Kier molecular flexibility index (Phi) is 4.56. The van der Waals surface area contributed by atoms with Crippen LogP contribution in [0.15, 0.2) is 23.6 Å². The van der Waals surface area contributed by atoms with E-state index < -0.39 is 18.7 Å². The number of hydrogen-bond acceptors (Lipinski definition) is 3. The normalized spacial score (nSPS) is 11.6. The van der Waals surface area contributed by atoms with Crippen molar-refractivity contribution in [1.29, 1.82) is 0 Å². The van der Waals surface area contributed by atoms with E-state index in [2.05, 4.69) is 5.32 Å². The van der Waals surface area contributed by atoms with Gasteiger partial charge in [0.2, 0.25) is 0 Å². The van der Waals surface area contributed by atoms with Gasteiger partial charge in [-0.15, -0.1) is 11.3 Å². The van der Waals surface area contributed by atoms with Crippen molar-refractivity contribution in [3.05, 3.63) is 23.6 Å². The second-order valence-corrected chi connectivity index (χ2v) is 5.22. The first kappa shape index (κ1) is 15.4. The highest BCUT2D eigenvalue weighted by Gasteiger charge is 2.26. The quantitative estimate of drug-likeness (QED) is 0.785. The summed E-state index contributed by atoms with van der Waals surface area (Å²) in [4.78, 5) is 10.6. The summed E-state index contributed by atoms with van der Waals surface area (Å²) in [6.45, 7) is -0.0172. The fourth-order valence-electron chi connectivity index (χ4n) is 1.77. The van der Waals surface area contributed by atoms with E-state index in [1.54, 1.807) is 23.6 Å². The predicted octanol–water partition coefficient (Wildman–Crippen LogP) is 4.71. The third-order valence-electron chi connectivity index (χ3n) is 2.66. The highest BCUT2D eigenvalue weighted by Crippen LogP contribution is 2.33. The van der Waals surface area contributed by atoms with E-state index in [0.29, 0.717) is 11.4 Å². The average molecular weight is 319 g/mol. The lowest BCUT2D eigenvalue weighted by atomic mass is 10.2. The van der Waals surface area contributed by atoms with Crippen LogP contribution in [-0.4, -0.2) is 24.0 Å². The lowest BCUT2D eigenvalue weighted by Gasteiger charge is -2.08. The highest BCUT2D eigenvalue weighted by atomic mass is 32.1. The number of halogens is 3. The molecule has 0 radical (unpaired) electrons. The van der Waals surface area contributed by atoms with E-state index in [4.69, 9.17) is 9.84 Å². The number of alkyl halides is 3. The molecule has 0 bridgehead atoms. The molecule has 0 fully saturated rings. The molecule has 0 saturated carbocycles. The second kappa shape index (κ2) is 6.21. The van der Waals surface area contributed by atoms with Crippen molar-refractivity contribution >= 4 is 33.2 Å². The second-order valence-electron chi connectivity index (χ2n) is 4.30. The molecule has 8 heteroatoms. The van der Waals surface area contributed by atoms with Gasteiger partial charge in [0.25, 0.3) is 0 Å². The topological polar surface area (TPSA) is 58.6 Å². The van der Waals surface area contributed by atoms with Crippen LogP contribution in [0.3, 0.4) is 0 Å². The zero-order chi connectivity index (χ0) is 15.5. The number of thiophene rings is 1. The van der Waals surface area contributed by atoms with Crippen LogP contribution in [0.2, 0.25) is 0 Å². The molecule has 1 amide bonds. The van der Waals surface area contributed by atoms with E-state index in [1.165, 1.54) is 11.3 Å². The first-order valence-electron chi connectivity index (χ1n) is 6.06. The van der Waals surface area contributed by atoms with Crippen LogP contribution in [0.1, 0.15) is 12.8 Å². The molecular weight excluding hydrogens is 307 g/mol. The SMILES string of the molecule is O=C(O)Nc1csc2cc(OCCCC(F)(F)F)ccc12. The molecule has 2 N–H and O–H groups in total. The molecule has 1 aromatic carbocycles. The molecule has 0 saturated heterocycles. The summed E-state index contributed by atoms with van der Waals surface area (Å²) in [7, 11) is 0. The van der Waals surface area contributed by atoms with Gasteiger partial charge in [-0.2, -0.15) is 13.2 Å². The molecule has 1 heterocycles. The number of carboxylic acid groups (broad SMARTS) is 1. The number of anilines is 1. The number of rotatable bonds is 5. The van der Waals surface area contributed by atoms with Crippen LogP contribution in [0.4, 0.5) is 23.7 Å². The van der Waals surface area contributed by atoms with E-state index in [9.17, 15) is 18.0 Å². The Morgan fingerprint density at radius 3 is 2.81 bits per heavy atom. The zero-order valence-electron chi connectivity index (χ0n) is 10.7. The minimum atomic E-state index is -4.17. The third kappa shape index (κ3) is 4.52. The van der Waals surface area contributed by atoms with Gasteiger partial charge in [-0.05, 0) is 24.6 Å². The summed E-state index contributed by atoms with van der Waals surface area (Å²) in [6.07, 6.45) is -6.29. The zero-order valence-corrected chi connectivity index (χ0v) is 11.6. The largest absolute Gasteiger partial charge is 0.494 e. The molecule has 114 valence electrons. The van der Waals surface area contributed by atoms with Gasteiger partial charge in [0, 0.05) is 21.9 Å². The Hall–Kier alpha value is -1.96. The Balaban J connectivity index is 1.98. The number of hydrogen-bond donors (Lipinski definition) is 2. The lowest BCUT2D eigenvalue weighted by molar-refractivity contribution is -0.136. The smallest absolute Gasteiger partial charge is 0.409 e. The van der Waals surface area contributed by atoms with Crippen molar-refractivity contribution in [1.82, 2.24) is 0 Å². The molecule has 4 nitrogen and oxygen atoms in total. The molecule has 1 aromatic heterocycles. The van der Waals surface area contributed by atoms with Gasteiger partial charge < -0.3 is 9.84 Å². The molecule has 0 aliphatic rings. The molecule has 2 aromatic rings. The van der Waals surface area contributed by atoms with Crippen molar-refractivity contribution in [2.75, 3.05) is 11.9 Å². The van der Waals surface area contributed by atoms with Crippen molar-refractivity contribution in [2.45, 2.75) is 19.0 Å². The van der Waals surface area contributed by atoms with Gasteiger partial charge in [-0.3, -0.25) is 5.32 Å². The molecule has 0 aliphatic heterocycles. The minimum absolute atomic E-state index is 0.0172. The van der Waals surface area contributed by atoms with Crippen LogP contribution in [0.25, 0.3) is 10.1 Å². The van der Waals surface area contributed by atoms with Gasteiger partial charge in [0.05, 0.1) is 12.3 Å². The number of amides is 1. The standard InChI is InChI=1S/C13H12F3NO3S/c14-13(15,16)4-1-5-20-8-2-3-9-10(17-12(18)19)7-21-11(9)6-8/h2-3,6-7,17H,1,4-5H2,(H,18,19). The molecule has 2 rings (SSSR count). The molecule has 21 heavy (non-hydrogen) atoms. The van der Waals surface area contributed by atoms with E-state index in [-0.39, 0.29) is 13.0 Å². The van der Waals surface area contributed by atoms with Gasteiger partial charge in [-0.25, -0.2) is 4.79 Å². The fraction of sp³-hybridized carbons (Fsp3) is 0.308. The summed E-state index contributed by atoms with van der Waals surface area (Å²) in [5.74, 6) is 0.466. The van der Waals surface area contributed by atoms with E-state index in [0.717, 1.165) is 10.1 Å². The van der Waals surface area contributed by atoms with Crippen LogP contribution in [0, 0.1) is 0 Å². The van der Waals surface area contributed by atoms with Crippen molar-refractivity contribution in [3.8, 4) is 5.75 Å². The fourth-order valence-corrected chi connectivity index (χ4v) is 2.69. The van der Waals surface area contributed by atoms with Crippen LogP contribution >= 0.6 is 11.3 Å². The molecule has 0 spiro atoms. The van der Waals surface area contributed by atoms with Gasteiger partial charge >= 0.3 is 12.3 Å². The summed E-state index contributed by atoms with van der Waals surface area (Å²) in [6, 6.07) is 4.96. The predicted molar refractivity (Wildman–Crippen MR) is 74.3 cm³/mol. The van der Waals surface area contributed by atoms with E-state index >= 15 is 0 Å². The van der Waals surface area contributed by atoms with Gasteiger partial charge in [0.1, 0.15) is 5.75 Å². The van der Waals surface area contributed by atoms with E-state index in [1.807, 2.05) is 0 Å². The summed E-state index contributed by atoms with van der Waals surface area (Å²) >= 11 is 1.33. The molecule has 0 aliphatic carbocycles. The molecular formula is C13H12F3NO3S. The monoisotopic (exact) mass is 319 g/mol. The minimum Gasteiger partial charge on any atom is -0.494 e. The Labute approximate surface area is 122 Å². The summed E-state index contributed by atoms with van der Waals surface area (Å²) in [5.41, 5.74) is 0.478. The summed E-state index contributed by atoms with van der Waals surface area (Å²) < 4.78 is 42.0. The van der Waals surface area contributed by atoms with Crippen molar-refractivity contribution < 1.29 is 27.8 Å². The summed E-state index contributed by atoms with van der Waals surface area (Å²) in [5, 5.41) is 13.3. The first-order chi connectivity index (χ1) is 9.85. The Morgan fingerprint density at radius 2 is 2.14 bits per heavy atom. The van der Waals surface area contributed by atoms with Crippen LogP contribution < -0.4 is 10.1 Å². The Bertz CT molecular complexity index is 639. The number of fused-ring (bicyclic) bond motifs is 1. The first-order valence-corrected chi connectivity index (χ1v) is 6.94. The maximum Gasteiger partial charge on any atom is 0.409 e. The van der Waals surface area contributed by atoms with Crippen LogP contribution in [0.5, 0.6) is 5.75 Å². The maximum absolute atomic E-state index is 12.0. The molecule has 0 unspecified atom stereocenters. The number of benzene rings is 1. The molecule has 0 atom stereocenters. The third-order valence-corrected chi connectivity index (χ3v) is 3.61. The number of nitrogens with one attached hydrogen (secondary N) is 1. The highest BCUT2D eigenvalue weighted by molar-refractivity contribution is 7.17. The average Bonchev–Trinajstić information content (AvgIpc) is 2.75. The number of carbonyl (C=O) groups is 1.